The lowest BCUT2D eigenvalue weighted by Gasteiger charge is -2.34. The quantitative estimate of drug-likeness (QED) is 0.849. The van der Waals surface area contributed by atoms with Gasteiger partial charge in [0.1, 0.15) is 0 Å². The van der Waals surface area contributed by atoms with Crippen LogP contribution in [0.3, 0.4) is 0 Å². The molecule has 0 bridgehead atoms. The predicted octanol–water partition coefficient (Wildman–Crippen LogP) is 2.48. The Morgan fingerprint density at radius 1 is 1.00 bits per heavy atom. The fourth-order valence-corrected chi connectivity index (χ4v) is 2.87. The molecule has 1 aliphatic heterocycles. The van der Waals surface area contributed by atoms with Gasteiger partial charge >= 0.3 is 0 Å². The van der Waals surface area contributed by atoms with Crippen molar-refractivity contribution in [3.8, 4) is 0 Å². The third-order valence-electron chi connectivity index (χ3n) is 4.30. The van der Waals surface area contributed by atoms with Gasteiger partial charge in [-0.3, -0.25) is 14.7 Å². The number of hydrogen-bond acceptors (Lipinski definition) is 3. The number of hydrogen-bond donors (Lipinski definition) is 0. The van der Waals surface area contributed by atoms with Crippen LogP contribution < -0.4 is 0 Å². The standard InChI is InChI=1S/C20H23N3O/c24-20(17-19-8-10-21-11-9-19)23-15-13-22(14-16-23)12-4-7-18-5-2-1-3-6-18/h1-11H,12-17H2/b7-4+. The SMILES string of the molecule is O=C(Cc1ccncc1)N1CCN(C/C=C/c2ccccc2)CC1. The number of pyridine rings is 1. The molecule has 0 unspecified atom stereocenters. The Morgan fingerprint density at radius 2 is 1.71 bits per heavy atom. The van der Waals surface area contributed by atoms with Gasteiger partial charge in [-0.2, -0.15) is 0 Å². The Morgan fingerprint density at radius 3 is 2.42 bits per heavy atom. The van der Waals surface area contributed by atoms with Crippen molar-refractivity contribution >= 4 is 12.0 Å². The van der Waals surface area contributed by atoms with Crippen molar-refractivity contribution in [3.05, 3.63) is 72.1 Å². The first-order valence-electron chi connectivity index (χ1n) is 8.42. The summed E-state index contributed by atoms with van der Waals surface area (Å²) in [4.78, 5) is 20.7. The molecule has 1 aromatic heterocycles. The summed E-state index contributed by atoms with van der Waals surface area (Å²) in [5.41, 5.74) is 2.26. The summed E-state index contributed by atoms with van der Waals surface area (Å²) < 4.78 is 0. The zero-order valence-corrected chi connectivity index (χ0v) is 13.8. The van der Waals surface area contributed by atoms with E-state index in [0.717, 1.165) is 38.3 Å². The Balaban J connectivity index is 1.42. The maximum atomic E-state index is 12.3. The molecule has 1 saturated heterocycles. The van der Waals surface area contributed by atoms with Crippen LogP contribution in [0.4, 0.5) is 0 Å². The van der Waals surface area contributed by atoms with Gasteiger partial charge in [-0.05, 0) is 23.3 Å². The molecule has 2 aromatic rings. The fourth-order valence-electron chi connectivity index (χ4n) is 2.87. The molecule has 0 saturated carbocycles. The lowest BCUT2D eigenvalue weighted by molar-refractivity contribution is -0.132. The van der Waals surface area contributed by atoms with E-state index in [2.05, 4.69) is 34.2 Å². The summed E-state index contributed by atoms with van der Waals surface area (Å²) in [7, 11) is 0. The number of benzene rings is 1. The molecular weight excluding hydrogens is 298 g/mol. The largest absolute Gasteiger partial charge is 0.340 e. The van der Waals surface area contributed by atoms with Crippen LogP contribution >= 0.6 is 0 Å². The molecule has 2 heterocycles. The number of carbonyl (C=O) groups is 1. The predicted molar refractivity (Wildman–Crippen MR) is 96.4 cm³/mol. The van der Waals surface area contributed by atoms with Gasteiger partial charge in [0.2, 0.25) is 5.91 Å². The summed E-state index contributed by atoms with van der Waals surface area (Å²) in [5.74, 6) is 0.209. The van der Waals surface area contributed by atoms with Gasteiger partial charge in [-0.1, -0.05) is 42.5 Å². The molecule has 24 heavy (non-hydrogen) atoms. The highest BCUT2D eigenvalue weighted by Crippen LogP contribution is 2.07. The molecule has 0 aliphatic carbocycles. The van der Waals surface area contributed by atoms with Crippen molar-refractivity contribution in [2.45, 2.75) is 6.42 Å². The van der Waals surface area contributed by atoms with Gasteiger partial charge in [-0.25, -0.2) is 0 Å². The van der Waals surface area contributed by atoms with E-state index < -0.39 is 0 Å². The molecule has 4 nitrogen and oxygen atoms in total. The van der Waals surface area contributed by atoms with Crippen molar-refractivity contribution in [2.24, 2.45) is 0 Å². The highest BCUT2D eigenvalue weighted by molar-refractivity contribution is 5.78. The summed E-state index contributed by atoms with van der Waals surface area (Å²) in [6, 6.07) is 14.1. The van der Waals surface area contributed by atoms with E-state index in [1.54, 1.807) is 12.4 Å². The Kier molecular flexibility index (Phi) is 5.75. The summed E-state index contributed by atoms with van der Waals surface area (Å²) >= 11 is 0. The van der Waals surface area contributed by atoms with Crippen LogP contribution in [0, 0.1) is 0 Å². The number of carbonyl (C=O) groups excluding carboxylic acids is 1. The van der Waals surface area contributed by atoms with E-state index in [1.165, 1.54) is 5.56 Å². The highest BCUT2D eigenvalue weighted by atomic mass is 16.2. The van der Waals surface area contributed by atoms with Gasteiger partial charge in [0.25, 0.3) is 0 Å². The number of amides is 1. The van der Waals surface area contributed by atoms with E-state index in [4.69, 9.17) is 0 Å². The zero-order valence-electron chi connectivity index (χ0n) is 13.8. The van der Waals surface area contributed by atoms with Gasteiger partial charge in [0, 0.05) is 45.1 Å². The van der Waals surface area contributed by atoms with Crippen LogP contribution in [0.2, 0.25) is 0 Å². The number of aromatic nitrogens is 1. The van der Waals surface area contributed by atoms with Crippen molar-refractivity contribution in [3.63, 3.8) is 0 Å². The molecule has 4 heteroatoms. The van der Waals surface area contributed by atoms with Crippen LogP contribution in [0.15, 0.2) is 60.9 Å². The van der Waals surface area contributed by atoms with E-state index in [1.807, 2.05) is 35.2 Å². The highest BCUT2D eigenvalue weighted by Gasteiger charge is 2.20. The lowest BCUT2D eigenvalue weighted by Crippen LogP contribution is -2.49. The second-order valence-corrected chi connectivity index (χ2v) is 6.03. The van der Waals surface area contributed by atoms with Gasteiger partial charge in [-0.15, -0.1) is 0 Å². The van der Waals surface area contributed by atoms with Crippen molar-refractivity contribution in [1.82, 2.24) is 14.8 Å². The Bertz CT molecular complexity index is 662. The molecular formula is C20H23N3O. The van der Waals surface area contributed by atoms with E-state index >= 15 is 0 Å². The molecule has 124 valence electrons. The maximum Gasteiger partial charge on any atom is 0.227 e. The summed E-state index contributed by atoms with van der Waals surface area (Å²) in [6.07, 6.45) is 8.29. The lowest BCUT2D eigenvalue weighted by atomic mass is 10.1. The van der Waals surface area contributed by atoms with Crippen LogP contribution in [0.5, 0.6) is 0 Å². The number of nitrogens with zero attached hydrogens (tertiary/aromatic N) is 3. The molecule has 1 fully saturated rings. The van der Waals surface area contributed by atoms with Crippen molar-refractivity contribution in [2.75, 3.05) is 32.7 Å². The monoisotopic (exact) mass is 321 g/mol. The van der Waals surface area contributed by atoms with Crippen molar-refractivity contribution < 1.29 is 4.79 Å². The third-order valence-corrected chi connectivity index (χ3v) is 4.30. The van der Waals surface area contributed by atoms with Crippen LogP contribution in [0.25, 0.3) is 6.08 Å². The van der Waals surface area contributed by atoms with Gasteiger partial charge in [0.15, 0.2) is 0 Å². The van der Waals surface area contributed by atoms with Gasteiger partial charge in [0.05, 0.1) is 6.42 Å². The van der Waals surface area contributed by atoms with E-state index in [-0.39, 0.29) is 5.91 Å². The average Bonchev–Trinajstić information content (AvgIpc) is 2.64. The molecule has 1 amide bonds. The zero-order chi connectivity index (χ0) is 16.6. The van der Waals surface area contributed by atoms with E-state index in [9.17, 15) is 4.79 Å². The molecule has 1 aromatic carbocycles. The maximum absolute atomic E-state index is 12.3. The first-order valence-corrected chi connectivity index (χ1v) is 8.42. The topological polar surface area (TPSA) is 36.4 Å². The molecule has 0 spiro atoms. The third kappa shape index (κ3) is 4.77. The minimum absolute atomic E-state index is 0.209. The first kappa shape index (κ1) is 16.4. The normalized spacial score (nSPS) is 15.8. The Hall–Kier alpha value is -2.46. The van der Waals surface area contributed by atoms with Gasteiger partial charge < -0.3 is 4.90 Å². The van der Waals surface area contributed by atoms with Crippen LogP contribution in [-0.2, 0) is 11.2 Å². The molecule has 0 radical (unpaired) electrons. The molecule has 0 N–H and O–H groups in total. The van der Waals surface area contributed by atoms with Crippen molar-refractivity contribution in [1.29, 1.82) is 0 Å². The molecule has 1 aliphatic rings. The molecule has 0 atom stereocenters. The van der Waals surface area contributed by atoms with Crippen LogP contribution in [0.1, 0.15) is 11.1 Å². The average molecular weight is 321 g/mol. The second-order valence-electron chi connectivity index (χ2n) is 6.03. The summed E-state index contributed by atoms with van der Waals surface area (Å²) in [5, 5.41) is 0. The van der Waals surface area contributed by atoms with Crippen LogP contribution in [-0.4, -0.2) is 53.4 Å². The molecule has 3 rings (SSSR count). The summed E-state index contributed by atoms with van der Waals surface area (Å²) in [6.45, 7) is 4.41. The Labute approximate surface area is 143 Å². The number of rotatable bonds is 5. The van der Waals surface area contributed by atoms with E-state index in [0.29, 0.717) is 6.42 Å². The second kappa shape index (κ2) is 8.41. The number of piperazine rings is 1. The fraction of sp³-hybridized carbons (Fsp3) is 0.300. The smallest absolute Gasteiger partial charge is 0.227 e. The minimum Gasteiger partial charge on any atom is -0.340 e. The minimum atomic E-state index is 0.209. The first-order chi connectivity index (χ1) is 11.8.